The second-order valence-electron chi connectivity index (χ2n) is 6.99. The van der Waals surface area contributed by atoms with Crippen molar-refractivity contribution in [1.82, 2.24) is 14.9 Å². The summed E-state index contributed by atoms with van der Waals surface area (Å²) >= 11 is 0. The second kappa shape index (κ2) is 7.92. The molecular formula is C20H26N6O2. The Morgan fingerprint density at radius 2 is 1.86 bits per heavy atom. The Balaban J connectivity index is 1.55. The summed E-state index contributed by atoms with van der Waals surface area (Å²) in [6.07, 6.45) is 3.45. The van der Waals surface area contributed by atoms with Crippen LogP contribution in [0.15, 0.2) is 30.6 Å². The number of rotatable bonds is 3. The van der Waals surface area contributed by atoms with Crippen LogP contribution in [-0.2, 0) is 11.2 Å². The van der Waals surface area contributed by atoms with Crippen molar-refractivity contribution in [3.05, 3.63) is 36.2 Å². The number of nitrogens with two attached hydrogens (primary N) is 1. The van der Waals surface area contributed by atoms with Crippen molar-refractivity contribution < 1.29 is 9.53 Å². The Morgan fingerprint density at radius 3 is 2.64 bits per heavy atom. The number of anilines is 4. The molecule has 1 fully saturated rings. The molecule has 0 radical (unpaired) electrons. The molecule has 0 spiro atoms. The zero-order chi connectivity index (χ0) is 19.5. The number of carbonyl (C=O) groups excluding carboxylic acids is 1. The van der Waals surface area contributed by atoms with E-state index in [1.54, 1.807) is 11.2 Å². The minimum absolute atomic E-state index is 0.261. The first-order valence-corrected chi connectivity index (χ1v) is 9.81. The molecule has 2 aromatic rings. The maximum absolute atomic E-state index is 11.9. The molecule has 2 N–H and O–H groups in total. The van der Waals surface area contributed by atoms with Crippen molar-refractivity contribution >= 4 is 29.1 Å². The van der Waals surface area contributed by atoms with Crippen LogP contribution in [0.4, 0.5) is 27.8 Å². The maximum atomic E-state index is 11.9. The van der Waals surface area contributed by atoms with Crippen molar-refractivity contribution in [2.75, 3.05) is 54.9 Å². The van der Waals surface area contributed by atoms with Gasteiger partial charge in [-0.2, -0.15) is 0 Å². The molecule has 1 aromatic heterocycles. The Bertz CT molecular complexity index is 850. The molecule has 2 aliphatic rings. The summed E-state index contributed by atoms with van der Waals surface area (Å²) in [6.45, 7) is 5.59. The summed E-state index contributed by atoms with van der Waals surface area (Å²) in [5.74, 6) is 1.49. The average Bonchev–Trinajstić information content (AvgIpc) is 2.74. The summed E-state index contributed by atoms with van der Waals surface area (Å²) in [4.78, 5) is 26.9. The number of ether oxygens (including phenoxy) is 1. The van der Waals surface area contributed by atoms with E-state index in [-0.39, 0.29) is 6.09 Å². The molecule has 0 unspecified atom stereocenters. The summed E-state index contributed by atoms with van der Waals surface area (Å²) in [6, 6.07) is 8.40. The zero-order valence-electron chi connectivity index (χ0n) is 16.2. The number of carbonyl (C=O) groups is 1. The van der Waals surface area contributed by atoms with Gasteiger partial charge >= 0.3 is 6.09 Å². The number of nitrogens with zero attached hydrogens (tertiary/aromatic N) is 5. The lowest BCUT2D eigenvalue weighted by Gasteiger charge is -2.36. The number of hydrogen-bond donors (Lipinski definition) is 1. The molecule has 148 valence electrons. The lowest BCUT2D eigenvalue weighted by Crippen LogP contribution is -2.49. The highest BCUT2D eigenvalue weighted by Crippen LogP contribution is 2.37. The van der Waals surface area contributed by atoms with Gasteiger partial charge in [0.05, 0.1) is 6.61 Å². The molecule has 1 aromatic carbocycles. The van der Waals surface area contributed by atoms with E-state index in [9.17, 15) is 4.79 Å². The van der Waals surface area contributed by atoms with Crippen LogP contribution in [0.5, 0.6) is 0 Å². The predicted molar refractivity (Wildman–Crippen MR) is 109 cm³/mol. The van der Waals surface area contributed by atoms with E-state index in [0.717, 1.165) is 36.7 Å². The molecule has 0 atom stereocenters. The van der Waals surface area contributed by atoms with Crippen LogP contribution in [0, 0.1) is 0 Å². The van der Waals surface area contributed by atoms with E-state index in [4.69, 9.17) is 10.5 Å². The highest BCUT2D eigenvalue weighted by molar-refractivity contribution is 5.81. The van der Waals surface area contributed by atoms with Gasteiger partial charge in [-0.3, -0.25) is 0 Å². The molecule has 0 bridgehead atoms. The molecule has 3 heterocycles. The lowest BCUT2D eigenvalue weighted by molar-refractivity contribution is 0.105. The van der Waals surface area contributed by atoms with E-state index in [1.165, 1.54) is 5.56 Å². The fourth-order valence-electron chi connectivity index (χ4n) is 3.91. The highest BCUT2D eigenvalue weighted by atomic mass is 16.6. The first kappa shape index (κ1) is 18.3. The van der Waals surface area contributed by atoms with Crippen molar-refractivity contribution in [3.8, 4) is 0 Å². The highest BCUT2D eigenvalue weighted by Gasteiger charge is 2.27. The molecule has 0 saturated carbocycles. The number of amides is 1. The molecule has 1 saturated heterocycles. The molecule has 2 aliphatic heterocycles. The SMILES string of the molecule is CCOC(=O)N1CCN(c2ncnc(N3CCCc4ccccc43)c2N)CC1. The van der Waals surface area contributed by atoms with E-state index in [1.807, 2.05) is 13.0 Å². The molecule has 28 heavy (non-hydrogen) atoms. The third-order valence-corrected chi connectivity index (χ3v) is 5.31. The number of aryl methyl sites for hydroxylation is 1. The summed E-state index contributed by atoms with van der Waals surface area (Å²) in [5, 5.41) is 0. The Kier molecular flexibility index (Phi) is 5.18. The fraction of sp³-hybridized carbons (Fsp3) is 0.450. The minimum Gasteiger partial charge on any atom is -0.450 e. The van der Waals surface area contributed by atoms with Crippen LogP contribution in [0.1, 0.15) is 18.9 Å². The maximum Gasteiger partial charge on any atom is 0.409 e. The third-order valence-electron chi connectivity index (χ3n) is 5.31. The number of piperazine rings is 1. The van der Waals surface area contributed by atoms with Crippen molar-refractivity contribution in [2.45, 2.75) is 19.8 Å². The van der Waals surface area contributed by atoms with Crippen LogP contribution < -0.4 is 15.5 Å². The molecular weight excluding hydrogens is 356 g/mol. The van der Waals surface area contributed by atoms with Gasteiger partial charge in [0.25, 0.3) is 0 Å². The normalized spacial score (nSPS) is 16.7. The second-order valence-corrected chi connectivity index (χ2v) is 6.99. The molecule has 4 rings (SSSR count). The quantitative estimate of drug-likeness (QED) is 0.872. The van der Waals surface area contributed by atoms with Crippen molar-refractivity contribution in [2.24, 2.45) is 0 Å². The van der Waals surface area contributed by atoms with Gasteiger partial charge in [0.1, 0.15) is 12.0 Å². The van der Waals surface area contributed by atoms with Crippen LogP contribution in [0.2, 0.25) is 0 Å². The van der Waals surface area contributed by atoms with Crippen LogP contribution in [-0.4, -0.2) is 60.3 Å². The first-order chi connectivity index (χ1) is 13.7. The van der Waals surface area contributed by atoms with E-state index >= 15 is 0 Å². The van der Waals surface area contributed by atoms with Gasteiger partial charge < -0.3 is 25.2 Å². The van der Waals surface area contributed by atoms with Gasteiger partial charge in [-0.1, -0.05) is 18.2 Å². The van der Waals surface area contributed by atoms with E-state index in [0.29, 0.717) is 38.5 Å². The Morgan fingerprint density at radius 1 is 1.11 bits per heavy atom. The molecule has 8 heteroatoms. The third kappa shape index (κ3) is 3.42. The topological polar surface area (TPSA) is 87.8 Å². The largest absolute Gasteiger partial charge is 0.450 e. The number of para-hydroxylation sites is 1. The van der Waals surface area contributed by atoms with Crippen LogP contribution in [0.3, 0.4) is 0 Å². The Labute approximate surface area is 164 Å². The summed E-state index contributed by atoms with van der Waals surface area (Å²) in [5.41, 5.74) is 9.60. The van der Waals surface area contributed by atoms with Gasteiger partial charge in [0.15, 0.2) is 11.6 Å². The van der Waals surface area contributed by atoms with Gasteiger partial charge in [0.2, 0.25) is 0 Å². The minimum atomic E-state index is -0.261. The number of aromatic nitrogens is 2. The van der Waals surface area contributed by atoms with Crippen molar-refractivity contribution in [1.29, 1.82) is 0 Å². The standard InChI is InChI=1S/C20H26N6O2/c1-2-28-20(27)25-12-10-24(11-13-25)18-17(21)19(23-14-22-18)26-9-5-7-15-6-3-4-8-16(15)26/h3-4,6,8,14H,2,5,7,9-13,21H2,1H3. The van der Waals surface area contributed by atoms with Gasteiger partial charge in [-0.15, -0.1) is 0 Å². The molecule has 8 nitrogen and oxygen atoms in total. The first-order valence-electron chi connectivity index (χ1n) is 9.81. The predicted octanol–water partition coefficient (Wildman–Crippen LogP) is 2.42. The van der Waals surface area contributed by atoms with E-state index < -0.39 is 0 Å². The fourth-order valence-corrected chi connectivity index (χ4v) is 3.91. The smallest absolute Gasteiger partial charge is 0.409 e. The summed E-state index contributed by atoms with van der Waals surface area (Å²) in [7, 11) is 0. The number of benzene rings is 1. The lowest BCUT2D eigenvalue weighted by atomic mass is 10.0. The number of fused-ring (bicyclic) bond motifs is 1. The number of nitrogen functional groups attached to an aromatic ring is 1. The van der Waals surface area contributed by atoms with Crippen molar-refractivity contribution in [3.63, 3.8) is 0 Å². The van der Waals surface area contributed by atoms with Crippen LogP contribution >= 0.6 is 0 Å². The van der Waals surface area contributed by atoms with E-state index in [2.05, 4.69) is 38.0 Å². The molecule has 0 aliphatic carbocycles. The Hall–Kier alpha value is -3.03. The average molecular weight is 382 g/mol. The summed E-state index contributed by atoms with van der Waals surface area (Å²) < 4.78 is 5.09. The van der Waals surface area contributed by atoms with Gasteiger partial charge in [-0.05, 0) is 31.4 Å². The monoisotopic (exact) mass is 382 g/mol. The zero-order valence-corrected chi connectivity index (χ0v) is 16.2. The van der Waals surface area contributed by atoms with Gasteiger partial charge in [0, 0.05) is 38.4 Å². The number of hydrogen-bond acceptors (Lipinski definition) is 7. The van der Waals surface area contributed by atoms with Crippen LogP contribution in [0.25, 0.3) is 0 Å². The molecule has 1 amide bonds. The van der Waals surface area contributed by atoms with Gasteiger partial charge in [-0.25, -0.2) is 14.8 Å².